The van der Waals surface area contributed by atoms with Gasteiger partial charge in [0.2, 0.25) is 0 Å². The van der Waals surface area contributed by atoms with Crippen LogP contribution in [0, 0.1) is 0 Å². The third-order valence-corrected chi connectivity index (χ3v) is 2.19. The summed E-state index contributed by atoms with van der Waals surface area (Å²) < 4.78 is 5.84. The van der Waals surface area contributed by atoms with E-state index in [0.29, 0.717) is 5.75 Å². The Hall–Kier alpha value is -0.580. The van der Waals surface area contributed by atoms with E-state index in [0.717, 1.165) is 9.99 Å². The van der Waals surface area contributed by atoms with Crippen LogP contribution in [-0.4, -0.2) is 5.97 Å². The Labute approximate surface area is 85.1 Å². The first-order valence-electron chi connectivity index (χ1n) is 3.56. The molecule has 0 spiro atoms. The Kier molecular flexibility index (Phi) is 3.52. The van der Waals surface area contributed by atoms with Crippen molar-refractivity contribution in [1.29, 1.82) is 0 Å². The van der Waals surface area contributed by atoms with Crippen LogP contribution >= 0.6 is 22.6 Å². The number of hydrogen-bond acceptors (Lipinski definition) is 2. The van der Waals surface area contributed by atoms with E-state index >= 15 is 0 Å². The topological polar surface area (TPSA) is 26.3 Å². The van der Waals surface area contributed by atoms with Gasteiger partial charge in [-0.3, -0.25) is 4.79 Å². The summed E-state index contributed by atoms with van der Waals surface area (Å²) in [7, 11) is 0. The fourth-order valence-electron chi connectivity index (χ4n) is 0.869. The molecule has 0 fully saturated rings. The van der Waals surface area contributed by atoms with Crippen LogP contribution in [0.25, 0.3) is 0 Å². The molecule has 0 radical (unpaired) electrons. The number of halogens is 1. The lowest BCUT2D eigenvalue weighted by atomic mass is 10.2. The van der Waals surface area contributed by atoms with Gasteiger partial charge in [-0.05, 0) is 6.07 Å². The summed E-state index contributed by atoms with van der Waals surface area (Å²) in [5, 5.41) is 0. The van der Waals surface area contributed by atoms with Crippen molar-refractivity contribution in [1.82, 2.24) is 0 Å². The van der Waals surface area contributed by atoms with Crippen LogP contribution in [0.3, 0.4) is 0 Å². The SMILES string of the molecule is CC(=O)Oc1ccccc1CI. The van der Waals surface area contributed by atoms with Gasteiger partial charge in [-0.2, -0.15) is 0 Å². The summed E-state index contributed by atoms with van der Waals surface area (Å²) in [6.07, 6.45) is 0. The van der Waals surface area contributed by atoms with Crippen LogP contribution in [0.5, 0.6) is 5.75 Å². The molecule has 0 atom stereocenters. The minimum absolute atomic E-state index is 0.271. The molecule has 1 aromatic rings. The van der Waals surface area contributed by atoms with Gasteiger partial charge in [0, 0.05) is 16.9 Å². The number of benzene rings is 1. The maximum absolute atomic E-state index is 10.7. The summed E-state index contributed by atoms with van der Waals surface area (Å²) in [6.45, 7) is 1.41. The molecular formula is C9H9IO2. The predicted octanol–water partition coefficient (Wildman–Crippen LogP) is 2.55. The molecule has 0 amide bonds. The third-order valence-electron chi connectivity index (χ3n) is 1.37. The molecule has 2 nitrogen and oxygen atoms in total. The Morgan fingerprint density at radius 1 is 1.50 bits per heavy atom. The smallest absolute Gasteiger partial charge is 0.308 e. The van der Waals surface area contributed by atoms with E-state index in [-0.39, 0.29) is 5.97 Å². The first-order valence-corrected chi connectivity index (χ1v) is 5.09. The van der Waals surface area contributed by atoms with Crippen molar-refractivity contribution in [2.75, 3.05) is 0 Å². The van der Waals surface area contributed by atoms with Gasteiger partial charge < -0.3 is 4.74 Å². The number of carbonyl (C=O) groups is 1. The van der Waals surface area contributed by atoms with Crippen molar-refractivity contribution in [2.24, 2.45) is 0 Å². The predicted molar refractivity (Wildman–Crippen MR) is 55.5 cm³/mol. The second-order valence-corrected chi connectivity index (χ2v) is 3.10. The Morgan fingerprint density at radius 3 is 2.75 bits per heavy atom. The lowest BCUT2D eigenvalue weighted by Crippen LogP contribution is -2.02. The molecule has 0 N–H and O–H groups in total. The van der Waals surface area contributed by atoms with E-state index in [9.17, 15) is 4.79 Å². The van der Waals surface area contributed by atoms with E-state index in [2.05, 4.69) is 22.6 Å². The van der Waals surface area contributed by atoms with Crippen LogP contribution in [0.2, 0.25) is 0 Å². The van der Waals surface area contributed by atoms with E-state index < -0.39 is 0 Å². The van der Waals surface area contributed by atoms with E-state index in [1.165, 1.54) is 6.92 Å². The number of hydrogen-bond donors (Lipinski definition) is 0. The summed E-state index contributed by atoms with van der Waals surface area (Å²) >= 11 is 2.23. The van der Waals surface area contributed by atoms with Crippen LogP contribution in [0.1, 0.15) is 12.5 Å². The standard InChI is InChI=1S/C9H9IO2/c1-7(11)12-9-5-3-2-4-8(9)6-10/h2-5H,6H2,1H3. The van der Waals surface area contributed by atoms with Crippen molar-refractivity contribution in [2.45, 2.75) is 11.4 Å². The second-order valence-electron chi connectivity index (χ2n) is 2.33. The van der Waals surface area contributed by atoms with Gasteiger partial charge in [0.25, 0.3) is 0 Å². The summed E-state index contributed by atoms with van der Waals surface area (Å²) in [6, 6.07) is 7.54. The number of alkyl halides is 1. The molecule has 0 aromatic heterocycles. The molecule has 12 heavy (non-hydrogen) atoms. The fraction of sp³-hybridized carbons (Fsp3) is 0.222. The number of para-hydroxylation sites is 1. The van der Waals surface area contributed by atoms with Crippen molar-refractivity contribution in [3.05, 3.63) is 29.8 Å². The van der Waals surface area contributed by atoms with Gasteiger partial charge in [-0.15, -0.1) is 0 Å². The molecule has 1 rings (SSSR count). The maximum atomic E-state index is 10.7. The molecule has 0 saturated carbocycles. The molecule has 0 aliphatic carbocycles. The van der Waals surface area contributed by atoms with Gasteiger partial charge in [0.15, 0.2) is 0 Å². The molecule has 0 saturated heterocycles. The molecule has 0 unspecified atom stereocenters. The highest BCUT2D eigenvalue weighted by Crippen LogP contribution is 2.20. The molecule has 1 aromatic carbocycles. The minimum atomic E-state index is -0.271. The average Bonchev–Trinajstić information content (AvgIpc) is 2.04. The zero-order valence-electron chi connectivity index (χ0n) is 6.71. The molecule has 0 aliphatic heterocycles. The normalized spacial score (nSPS) is 9.50. The van der Waals surface area contributed by atoms with Crippen molar-refractivity contribution in [3.63, 3.8) is 0 Å². The quantitative estimate of drug-likeness (QED) is 0.359. The van der Waals surface area contributed by atoms with Crippen LogP contribution in [0.4, 0.5) is 0 Å². The van der Waals surface area contributed by atoms with Gasteiger partial charge in [-0.1, -0.05) is 40.8 Å². The minimum Gasteiger partial charge on any atom is -0.426 e. The van der Waals surface area contributed by atoms with Gasteiger partial charge in [-0.25, -0.2) is 0 Å². The van der Waals surface area contributed by atoms with Gasteiger partial charge >= 0.3 is 5.97 Å². The third kappa shape index (κ3) is 2.48. The highest BCUT2D eigenvalue weighted by molar-refractivity contribution is 14.1. The van der Waals surface area contributed by atoms with Crippen molar-refractivity contribution in [3.8, 4) is 5.75 Å². The highest BCUT2D eigenvalue weighted by atomic mass is 127. The number of ether oxygens (including phenoxy) is 1. The van der Waals surface area contributed by atoms with E-state index in [4.69, 9.17) is 4.74 Å². The highest BCUT2D eigenvalue weighted by Gasteiger charge is 2.02. The van der Waals surface area contributed by atoms with Crippen molar-refractivity contribution < 1.29 is 9.53 Å². The zero-order chi connectivity index (χ0) is 8.97. The second kappa shape index (κ2) is 4.45. The Morgan fingerprint density at radius 2 is 2.17 bits per heavy atom. The molecular weight excluding hydrogens is 267 g/mol. The first-order chi connectivity index (χ1) is 5.74. The molecule has 64 valence electrons. The number of esters is 1. The zero-order valence-corrected chi connectivity index (χ0v) is 8.87. The van der Waals surface area contributed by atoms with Crippen molar-refractivity contribution >= 4 is 28.6 Å². The lowest BCUT2D eigenvalue weighted by Gasteiger charge is -2.04. The molecule has 3 heteroatoms. The Bertz CT molecular complexity index is 284. The van der Waals surface area contributed by atoms with E-state index in [1.54, 1.807) is 6.07 Å². The maximum Gasteiger partial charge on any atom is 0.308 e. The van der Waals surface area contributed by atoms with E-state index in [1.807, 2.05) is 18.2 Å². The number of rotatable bonds is 2. The number of carbonyl (C=O) groups excluding carboxylic acids is 1. The molecule has 0 aliphatic rings. The summed E-state index contributed by atoms with van der Waals surface area (Å²) in [5.41, 5.74) is 1.05. The Balaban J connectivity index is 2.89. The first kappa shape index (κ1) is 9.51. The average molecular weight is 276 g/mol. The van der Waals surface area contributed by atoms with Crippen LogP contribution in [0.15, 0.2) is 24.3 Å². The molecule has 0 bridgehead atoms. The van der Waals surface area contributed by atoms with Crippen LogP contribution < -0.4 is 4.74 Å². The van der Waals surface area contributed by atoms with Crippen LogP contribution in [-0.2, 0) is 9.22 Å². The monoisotopic (exact) mass is 276 g/mol. The molecule has 0 heterocycles. The largest absolute Gasteiger partial charge is 0.426 e. The summed E-state index contributed by atoms with van der Waals surface area (Å²) in [5.74, 6) is 0.395. The fourth-order valence-corrected chi connectivity index (χ4v) is 1.50. The summed E-state index contributed by atoms with van der Waals surface area (Å²) in [4.78, 5) is 10.7. The van der Waals surface area contributed by atoms with Gasteiger partial charge in [0.05, 0.1) is 0 Å². The lowest BCUT2D eigenvalue weighted by molar-refractivity contribution is -0.131. The van der Waals surface area contributed by atoms with Gasteiger partial charge in [0.1, 0.15) is 5.75 Å².